The predicted molar refractivity (Wildman–Crippen MR) is 133 cm³/mol. The maximum atomic E-state index is 12.9. The molecular weight excluding hydrogens is 574 g/mol. The second-order valence-electron chi connectivity index (χ2n) is 7.20. The summed E-state index contributed by atoms with van der Waals surface area (Å²) in [6.45, 7) is 1.94. The molecule has 3 rings (SSSR count). The summed E-state index contributed by atoms with van der Waals surface area (Å²) in [4.78, 5) is 37.8. The second kappa shape index (κ2) is 11.0. The molecule has 0 radical (unpaired) electrons. The first-order valence-corrected chi connectivity index (χ1v) is 12.3. The van der Waals surface area contributed by atoms with Crippen LogP contribution in [0.1, 0.15) is 17.0 Å². The number of nitriles is 1. The van der Waals surface area contributed by atoms with Gasteiger partial charge in [0.1, 0.15) is 5.92 Å². The van der Waals surface area contributed by atoms with Crippen LogP contribution in [0.5, 0.6) is 0 Å². The average Bonchev–Trinajstić information content (AvgIpc) is 2.78. The summed E-state index contributed by atoms with van der Waals surface area (Å²) in [5.41, 5.74) is 2.46. The molecule has 33 heavy (non-hydrogen) atoms. The summed E-state index contributed by atoms with van der Waals surface area (Å²) < 4.78 is 6.32. The molecule has 170 valence electrons. The van der Waals surface area contributed by atoms with Crippen LogP contribution in [-0.4, -0.2) is 30.6 Å². The van der Waals surface area contributed by atoms with Crippen molar-refractivity contribution in [1.82, 2.24) is 5.32 Å². The number of allylic oxidation sites excluding steroid dienone is 1. The minimum Gasteiger partial charge on any atom is -0.468 e. The summed E-state index contributed by atoms with van der Waals surface area (Å²) in [6, 6.07) is 14.7. The van der Waals surface area contributed by atoms with Crippen LogP contribution in [0.4, 0.5) is 5.69 Å². The zero-order valence-corrected chi connectivity index (χ0v) is 21.6. The van der Waals surface area contributed by atoms with Gasteiger partial charge in [-0.25, -0.2) is 0 Å². The predicted octanol–water partition coefficient (Wildman–Crippen LogP) is 4.63. The number of methoxy groups -OCH3 is 1. The number of esters is 1. The zero-order valence-electron chi connectivity index (χ0n) is 17.6. The van der Waals surface area contributed by atoms with Crippen LogP contribution in [0, 0.1) is 24.2 Å². The summed E-state index contributed by atoms with van der Waals surface area (Å²) in [5.74, 6) is -3.75. The Kier molecular flexibility index (Phi) is 8.35. The van der Waals surface area contributed by atoms with Crippen LogP contribution in [0.3, 0.4) is 0 Å². The molecule has 1 heterocycles. The Morgan fingerprint density at radius 1 is 1.24 bits per heavy atom. The Bertz CT molecular complexity index is 1190. The number of anilines is 1. The van der Waals surface area contributed by atoms with Gasteiger partial charge in [-0.3, -0.25) is 14.4 Å². The fourth-order valence-corrected chi connectivity index (χ4v) is 5.28. The molecule has 0 unspecified atom stereocenters. The molecule has 1 aliphatic heterocycles. The lowest BCUT2D eigenvalue weighted by Crippen LogP contribution is -2.44. The summed E-state index contributed by atoms with van der Waals surface area (Å²) >= 11 is 7.84. The molecule has 1 aliphatic rings. The number of hydrogen-bond donors (Lipinski definition) is 2. The molecule has 0 aliphatic carbocycles. The molecule has 2 aromatic carbocycles. The van der Waals surface area contributed by atoms with Gasteiger partial charge < -0.3 is 15.4 Å². The van der Waals surface area contributed by atoms with Crippen molar-refractivity contribution in [1.29, 1.82) is 5.26 Å². The van der Waals surface area contributed by atoms with E-state index in [-0.39, 0.29) is 22.3 Å². The Hall–Kier alpha value is -2.61. The van der Waals surface area contributed by atoms with Crippen molar-refractivity contribution in [3.05, 3.63) is 73.1 Å². The number of thioether (sulfide) groups is 1. The normalized spacial score (nSPS) is 17.7. The third-order valence-electron chi connectivity index (χ3n) is 4.94. The van der Waals surface area contributed by atoms with Crippen LogP contribution >= 0.6 is 43.6 Å². The summed E-state index contributed by atoms with van der Waals surface area (Å²) in [6.07, 6.45) is 0. The van der Waals surface area contributed by atoms with Crippen LogP contribution in [0.2, 0.25) is 0 Å². The third kappa shape index (κ3) is 5.85. The van der Waals surface area contributed by atoms with Gasteiger partial charge >= 0.3 is 5.97 Å². The topological polar surface area (TPSA) is 108 Å². The maximum Gasteiger partial charge on any atom is 0.319 e. The van der Waals surface area contributed by atoms with E-state index >= 15 is 0 Å². The molecular formula is C23H19Br2N3O4S. The van der Waals surface area contributed by atoms with Crippen molar-refractivity contribution >= 4 is 67.1 Å². The van der Waals surface area contributed by atoms with E-state index in [2.05, 4.69) is 48.6 Å². The number of benzene rings is 2. The smallest absolute Gasteiger partial charge is 0.319 e. The van der Waals surface area contributed by atoms with Gasteiger partial charge in [-0.1, -0.05) is 45.9 Å². The van der Waals surface area contributed by atoms with Gasteiger partial charge in [-0.2, -0.15) is 5.26 Å². The van der Waals surface area contributed by atoms with E-state index in [1.807, 2.05) is 19.1 Å². The van der Waals surface area contributed by atoms with E-state index < -0.39 is 23.7 Å². The van der Waals surface area contributed by atoms with Crippen molar-refractivity contribution < 1.29 is 19.1 Å². The summed E-state index contributed by atoms with van der Waals surface area (Å²) in [5, 5.41) is 15.6. The lowest BCUT2D eigenvalue weighted by molar-refractivity contribution is -0.150. The minimum absolute atomic E-state index is 0.0464. The number of carbonyl (C=O) groups is 3. The monoisotopic (exact) mass is 591 g/mol. The number of nitrogens with one attached hydrogen (secondary N) is 2. The Labute approximate surface area is 212 Å². The molecule has 2 atom stereocenters. The first kappa shape index (κ1) is 25.0. The van der Waals surface area contributed by atoms with Crippen molar-refractivity contribution in [2.45, 2.75) is 12.8 Å². The lowest BCUT2D eigenvalue weighted by atomic mass is 9.78. The number of nitrogens with zero attached hydrogens (tertiary/aromatic N) is 1. The first-order valence-electron chi connectivity index (χ1n) is 9.72. The van der Waals surface area contributed by atoms with Gasteiger partial charge in [0, 0.05) is 14.9 Å². The number of carbonyl (C=O) groups excluding carboxylic acids is 3. The quantitative estimate of drug-likeness (QED) is 0.374. The number of ether oxygens (including phenoxy) is 1. The third-order valence-corrected chi connectivity index (χ3v) is 7.10. The molecule has 0 saturated heterocycles. The highest BCUT2D eigenvalue weighted by Crippen LogP contribution is 2.40. The van der Waals surface area contributed by atoms with Crippen LogP contribution < -0.4 is 10.6 Å². The number of halogens is 2. The summed E-state index contributed by atoms with van der Waals surface area (Å²) in [7, 11) is 1.20. The molecule has 0 fully saturated rings. The second-order valence-corrected chi connectivity index (χ2v) is 9.95. The average molecular weight is 593 g/mol. The number of aryl methyl sites for hydroxylation is 1. The SMILES string of the molecule is COC(=O)[C@H]1C(=O)NC(SCC(=O)Nc2ccc(C)cc2Br)=C(C#N)[C@H]1c1cccc(Br)c1. The largest absolute Gasteiger partial charge is 0.468 e. The molecule has 2 aromatic rings. The van der Waals surface area contributed by atoms with Crippen LogP contribution in [-0.2, 0) is 19.1 Å². The number of rotatable bonds is 6. The molecule has 0 saturated carbocycles. The van der Waals surface area contributed by atoms with Gasteiger partial charge in [0.25, 0.3) is 0 Å². The van der Waals surface area contributed by atoms with E-state index in [4.69, 9.17) is 4.74 Å². The van der Waals surface area contributed by atoms with Gasteiger partial charge in [-0.05, 0) is 58.2 Å². The molecule has 0 spiro atoms. The minimum atomic E-state index is -1.22. The lowest BCUT2D eigenvalue weighted by Gasteiger charge is -2.31. The molecule has 7 nitrogen and oxygen atoms in total. The molecule has 0 bridgehead atoms. The van der Waals surface area contributed by atoms with Gasteiger partial charge in [0.15, 0.2) is 0 Å². The van der Waals surface area contributed by atoms with Gasteiger partial charge in [0.05, 0.1) is 35.2 Å². The van der Waals surface area contributed by atoms with Crippen molar-refractivity contribution in [3.63, 3.8) is 0 Å². The fourth-order valence-electron chi connectivity index (χ4n) is 3.43. The molecule has 0 aromatic heterocycles. The molecule has 10 heteroatoms. The highest BCUT2D eigenvalue weighted by Gasteiger charge is 2.44. The van der Waals surface area contributed by atoms with E-state index in [1.54, 1.807) is 30.3 Å². The fraction of sp³-hybridized carbons (Fsp3) is 0.217. The van der Waals surface area contributed by atoms with Crippen molar-refractivity contribution in [2.24, 2.45) is 5.92 Å². The van der Waals surface area contributed by atoms with E-state index in [1.165, 1.54) is 7.11 Å². The molecule has 2 N–H and O–H groups in total. The van der Waals surface area contributed by atoms with Crippen LogP contribution in [0.15, 0.2) is 62.0 Å². The number of amides is 2. The highest BCUT2D eigenvalue weighted by atomic mass is 79.9. The molecule has 2 amide bonds. The Balaban J connectivity index is 1.89. The van der Waals surface area contributed by atoms with Crippen LogP contribution in [0.25, 0.3) is 0 Å². The maximum absolute atomic E-state index is 12.9. The van der Waals surface area contributed by atoms with E-state index in [9.17, 15) is 19.6 Å². The van der Waals surface area contributed by atoms with E-state index in [0.29, 0.717) is 11.3 Å². The standard InChI is InChI=1S/C23H19Br2N3O4S/c1-12-6-7-17(16(25)8-12)27-18(29)11-33-22-15(10-26)19(13-4-3-5-14(24)9-13)20(21(30)28-22)23(31)32-2/h3-9,19-20H,11H2,1-2H3,(H,27,29)(H,28,30)/t19-,20-/m1/s1. The Morgan fingerprint density at radius 2 is 2.00 bits per heavy atom. The van der Waals surface area contributed by atoms with E-state index in [0.717, 1.165) is 26.3 Å². The number of hydrogen-bond acceptors (Lipinski definition) is 6. The Morgan fingerprint density at radius 3 is 2.64 bits per heavy atom. The van der Waals surface area contributed by atoms with Gasteiger partial charge in [0.2, 0.25) is 11.8 Å². The van der Waals surface area contributed by atoms with Crippen molar-refractivity contribution in [3.8, 4) is 6.07 Å². The van der Waals surface area contributed by atoms with Crippen molar-refractivity contribution in [2.75, 3.05) is 18.2 Å². The zero-order chi connectivity index (χ0) is 24.1. The van der Waals surface area contributed by atoms with Gasteiger partial charge in [-0.15, -0.1) is 0 Å². The highest BCUT2D eigenvalue weighted by molar-refractivity contribution is 9.10. The first-order chi connectivity index (χ1) is 15.7.